The molecular formula is C34H37BrO2Si. The molecule has 0 aliphatic heterocycles. The number of rotatable bonds is 8. The first-order chi connectivity index (χ1) is 18.1. The van der Waals surface area contributed by atoms with Crippen molar-refractivity contribution >= 4 is 46.2 Å². The van der Waals surface area contributed by atoms with Crippen LogP contribution in [0.5, 0.6) is 0 Å². The van der Waals surface area contributed by atoms with Gasteiger partial charge in [0.25, 0.3) is 0 Å². The van der Waals surface area contributed by atoms with Crippen molar-refractivity contribution < 1.29 is 8.84 Å². The molecule has 0 amide bonds. The van der Waals surface area contributed by atoms with Crippen molar-refractivity contribution in [2.24, 2.45) is 0 Å². The molecule has 2 nitrogen and oxygen atoms in total. The van der Waals surface area contributed by atoms with Gasteiger partial charge in [0.15, 0.2) is 8.32 Å². The van der Waals surface area contributed by atoms with E-state index in [9.17, 15) is 0 Å². The van der Waals surface area contributed by atoms with E-state index in [2.05, 4.69) is 129 Å². The summed E-state index contributed by atoms with van der Waals surface area (Å²) in [6.07, 6.45) is 2.87. The Kier molecular flexibility index (Phi) is 7.68. The quantitative estimate of drug-likeness (QED) is 0.169. The van der Waals surface area contributed by atoms with Gasteiger partial charge in [0, 0.05) is 21.7 Å². The van der Waals surface area contributed by atoms with Crippen LogP contribution in [-0.2, 0) is 23.7 Å². The van der Waals surface area contributed by atoms with Gasteiger partial charge in [-0.05, 0) is 83.6 Å². The second kappa shape index (κ2) is 10.8. The van der Waals surface area contributed by atoms with E-state index in [1.165, 1.54) is 22.3 Å². The number of fused-ring (bicyclic) bond motifs is 3. The van der Waals surface area contributed by atoms with Gasteiger partial charge in [0.05, 0.1) is 6.10 Å². The van der Waals surface area contributed by atoms with Gasteiger partial charge < -0.3 is 8.84 Å². The predicted molar refractivity (Wildman–Crippen MR) is 166 cm³/mol. The highest BCUT2D eigenvalue weighted by molar-refractivity contribution is 9.10. The lowest BCUT2D eigenvalue weighted by molar-refractivity contribution is 0.183. The van der Waals surface area contributed by atoms with E-state index in [0.717, 1.165) is 45.7 Å². The smallest absolute Gasteiger partial charge is 0.192 e. The van der Waals surface area contributed by atoms with E-state index < -0.39 is 8.32 Å². The molecule has 1 heterocycles. The fourth-order valence-electron chi connectivity index (χ4n) is 4.85. The van der Waals surface area contributed by atoms with Crippen molar-refractivity contribution in [2.45, 2.75) is 64.3 Å². The highest BCUT2D eigenvalue weighted by atomic mass is 79.9. The Balaban J connectivity index is 1.52. The number of benzene rings is 4. The molecule has 0 saturated heterocycles. The topological polar surface area (TPSA) is 22.4 Å². The first-order valence-electron chi connectivity index (χ1n) is 13.5. The van der Waals surface area contributed by atoms with Crippen LogP contribution >= 0.6 is 15.9 Å². The standard InChI is InChI=1S/C34H37BrO2Si/c1-34(2,3)38(4,5)37-33(22-26-14-10-9-13-25(26)16-15-24-11-7-6-8-12-24)27-17-19-31-29(21-27)30-23-28(35)18-20-32(30)36-31/h6-14,17-21,23,33H,15-16,22H2,1-5H3. The maximum absolute atomic E-state index is 7.17. The lowest BCUT2D eigenvalue weighted by Gasteiger charge is -2.39. The van der Waals surface area contributed by atoms with Crippen molar-refractivity contribution in [3.05, 3.63) is 118 Å². The van der Waals surface area contributed by atoms with Gasteiger partial charge in [0.1, 0.15) is 11.2 Å². The molecule has 0 aliphatic rings. The van der Waals surface area contributed by atoms with Crippen molar-refractivity contribution in [3.8, 4) is 0 Å². The van der Waals surface area contributed by atoms with E-state index >= 15 is 0 Å². The molecule has 0 bridgehead atoms. The number of hydrogen-bond donors (Lipinski definition) is 0. The second-order valence-corrected chi connectivity index (χ2v) is 17.5. The van der Waals surface area contributed by atoms with Gasteiger partial charge >= 0.3 is 0 Å². The molecule has 4 heteroatoms. The molecule has 5 rings (SSSR count). The number of halogens is 1. The molecule has 5 aromatic rings. The number of aryl methyl sites for hydroxylation is 2. The molecule has 0 spiro atoms. The van der Waals surface area contributed by atoms with Crippen LogP contribution < -0.4 is 0 Å². The summed E-state index contributed by atoms with van der Waals surface area (Å²) in [4.78, 5) is 0. The third kappa shape index (κ3) is 5.83. The van der Waals surface area contributed by atoms with E-state index in [1.54, 1.807) is 0 Å². The van der Waals surface area contributed by atoms with Gasteiger partial charge in [-0.3, -0.25) is 0 Å². The number of furan rings is 1. The van der Waals surface area contributed by atoms with E-state index in [0.29, 0.717) is 0 Å². The summed E-state index contributed by atoms with van der Waals surface area (Å²) in [5, 5.41) is 2.39. The summed E-state index contributed by atoms with van der Waals surface area (Å²) in [6, 6.07) is 32.5. The highest BCUT2D eigenvalue weighted by Gasteiger charge is 2.39. The molecule has 0 saturated carbocycles. The summed E-state index contributed by atoms with van der Waals surface area (Å²) in [5.74, 6) is 0. The zero-order valence-electron chi connectivity index (χ0n) is 23.1. The van der Waals surface area contributed by atoms with Crippen LogP contribution in [0.4, 0.5) is 0 Å². The van der Waals surface area contributed by atoms with Crippen LogP contribution in [-0.4, -0.2) is 8.32 Å². The third-order valence-electron chi connectivity index (χ3n) is 8.12. The van der Waals surface area contributed by atoms with Crippen LogP contribution in [0, 0.1) is 0 Å². The van der Waals surface area contributed by atoms with Crippen LogP contribution in [0.25, 0.3) is 21.9 Å². The monoisotopic (exact) mass is 584 g/mol. The number of hydrogen-bond acceptors (Lipinski definition) is 2. The fraction of sp³-hybridized carbons (Fsp3) is 0.294. The molecule has 1 atom stereocenters. The van der Waals surface area contributed by atoms with Crippen molar-refractivity contribution in [1.82, 2.24) is 0 Å². The molecule has 0 fully saturated rings. The minimum atomic E-state index is -2.04. The maximum Gasteiger partial charge on any atom is 0.192 e. The van der Waals surface area contributed by atoms with Crippen LogP contribution in [0.1, 0.15) is 49.1 Å². The zero-order valence-corrected chi connectivity index (χ0v) is 25.6. The molecule has 4 aromatic carbocycles. The highest BCUT2D eigenvalue weighted by Crippen LogP contribution is 2.42. The van der Waals surface area contributed by atoms with Crippen LogP contribution in [0.15, 0.2) is 99.9 Å². The van der Waals surface area contributed by atoms with E-state index in [4.69, 9.17) is 8.84 Å². The molecule has 1 aromatic heterocycles. The van der Waals surface area contributed by atoms with Crippen LogP contribution in [0.3, 0.4) is 0 Å². The summed E-state index contributed by atoms with van der Waals surface area (Å²) in [7, 11) is -2.04. The summed E-state index contributed by atoms with van der Waals surface area (Å²) >= 11 is 3.63. The van der Waals surface area contributed by atoms with Crippen LogP contribution in [0.2, 0.25) is 18.1 Å². The van der Waals surface area contributed by atoms with Gasteiger partial charge in [0.2, 0.25) is 0 Å². The summed E-state index contributed by atoms with van der Waals surface area (Å²) in [6.45, 7) is 11.6. The molecule has 0 aliphatic carbocycles. The molecule has 0 N–H and O–H groups in total. The average molecular weight is 586 g/mol. The minimum absolute atomic E-state index is 0.0322. The Morgan fingerprint density at radius 2 is 1.39 bits per heavy atom. The Morgan fingerprint density at radius 1 is 0.763 bits per heavy atom. The molecule has 0 radical (unpaired) electrons. The first kappa shape index (κ1) is 26.9. The summed E-state index contributed by atoms with van der Waals surface area (Å²) < 4.78 is 14.4. The van der Waals surface area contributed by atoms with Crippen molar-refractivity contribution in [3.63, 3.8) is 0 Å². The lowest BCUT2D eigenvalue weighted by atomic mass is 9.94. The molecule has 196 valence electrons. The Bertz CT molecular complexity index is 1550. The zero-order chi connectivity index (χ0) is 26.9. The maximum atomic E-state index is 7.17. The van der Waals surface area contributed by atoms with Gasteiger partial charge in [-0.15, -0.1) is 0 Å². The van der Waals surface area contributed by atoms with Gasteiger partial charge in [-0.1, -0.05) is 97.4 Å². The minimum Gasteiger partial charge on any atom is -0.456 e. The van der Waals surface area contributed by atoms with Gasteiger partial charge in [-0.2, -0.15) is 0 Å². The Labute approximate surface area is 236 Å². The largest absolute Gasteiger partial charge is 0.456 e. The third-order valence-corrected chi connectivity index (χ3v) is 13.1. The van der Waals surface area contributed by atoms with E-state index in [1.807, 2.05) is 12.1 Å². The predicted octanol–water partition coefficient (Wildman–Crippen LogP) is 10.4. The molecular weight excluding hydrogens is 548 g/mol. The van der Waals surface area contributed by atoms with E-state index in [-0.39, 0.29) is 11.1 Å². The average Bonchev–Trinajstić information content (AvgIpc) is 3.24. The lowest BCUT2D eigenvalue weighted by Crippen LogP contribution is -2.42. The van der Waals surface area contributed by atoms with Crippen molar-refractivity contribution in [2.75, 3.05) is 0 Å². The Morgan fingerprint density at radius 3 is 2.11 bits per heavy atom. The Hall–Kier alpha value is -2.66. The first-order valence-corrected chi connectivity index (χ1v) is 17.2. The SMILES string of the molecule is CC(C)(C)[Si](C)(C)OC(Cc1ccccc1CCc1ccccc1)c1ccc2oc3ccc(Br)cc3c2c1. The molecule has 38 heavy (non-hydrogen) atoms. The van der Waals surface area contributed by atoms with Crippen molar-refractivity contribution in [1.29, 1.82) is 0 Å². The second-order valence-electron chi connectivity index (χ2n) is 11.8. The normalized spacial score (nSPS) is 13.3. The fourth-order valence-corrected chi connectivity index (χ4v) is 6.50. The van der Waals surface area contributed by atoms with Gasteiger partial charge in [-0.25, -0.2) is 0 Å². The summed E-state index contributed by atoms with van der Waals surface area (Å²) in [5.41, 5.74) is 7.18. The molecule has 1 unspecified atom stereocenters.